The second-order valence-electron chi connectivity index (χ2n) is 4.14. The quantitative estimate of drug-likeness (QED) is 0.800. The highest BCUT2D eigenvalue weighted by molar-refractivity contribution is 6.30. The van der Waals surface area contributed by atoms with Crippen LogP contribution in [-0.4, -0.2) is 6.61 Å². The largest absolute Gasteiger partial charge is 0.491 e. The van der Waals surface area contributed by atoms with E-state index >= 15 is 0 Å². The van der Waals surface area contributed by atoms with Crippen LogP contribution in [-0.2, 0) is 0 Å². The van der Waals surface area contributed by atoms with Crippen molar-refractivity contribution in [2.75, 3.05) is 12.3 Å². The van der Waals surface area contributed by atoms with E-state index in [9.17, 15) is 0 Å². The summed E-state index contributed by atoms with van der Waals surface area (Å²) in [6, 6.07) is 5.38. The molecule has 2 N–H and O–H groups in total. The van der Waals surface area contributed by atoms with E-state index < -0.39 is 0 Å². The lowest BCUT2D eigenvalue weighted by Gasteiger charge is -2.12. The first kappa shape index (κ1) is 10.6. The Morgan fingerprint density at radius 3 is 2.73 bits per heavy atom. The molecule has 82 valence electrons. The second-order valence-corrected chi connectivity index (χ2v) is 4.58. The zero-order valence-corrected chi connectivity index (χ0v) is 9.46. The standard InChI is InChI=1S/C12H16ClNO/c13-10-5-6-12(11(14)7-10)15-8-9-3-1-2-4-9/h5-7,9H,1-4,8,14H2. The number of anilines is 1. The van der Waals surface area contributed by atoms with Gasteiger partial charge in [-0.3, -0.25) is 0 Å². The van der Waals surface area contributed by atoms with Crippen LogP contribution in [0.2, 0.25) is 5.02 Å². The van der Waals surface area contributed by atoms with Gasteiger partial charge in [-0.2, -0.15) is 0 Å². The van der Waals surface area contributed by atoms with E-state index in [4.69, 9.17) is 22.1 Å². The third-order valence-electron chi connectivity index (χ3n) is 2.92. The van der Waals surface area contributed by atoms with Gasteiger partial charge in [0.2, 0.25) is 0 Å². The van der Waals surface area contributed by atoms with Crippen LogP contribution in [0.4, 0.5) is 5.69 Å². The predicted octanol–water partition coefficient (Wildman–Crippen LogP) is 3.49. The van der Waals surface area contributed by atoms with Crippen molar-refractivity contribution in [1.82, 2.24) is 0 Å². The summed E-state index contributed by atoms with van der Waals surface area (Å²) in [5, 5.41) is 0.653. The van der Waals surface area contributed by atoms with Crippen molar-refractivity contribution in [2.45, 2.75) is 25.7 Å². The normalized spacial score (nSPS) is 16.9. The molecule has 1 saturated carbocycles. The average molecular weight is 226 g/mol. The lowest BCUT2D eigenvalue weighted by molar-refractivity contribution is 0.253. The fourth-order valence-corrected chi connectivity index (χ4v) is 2.22. The van der Waals surface area contributed by atoms with Crippen LogP contribution >= 0.6 is 11.6 Å². The van der Waals surface area contributed by atoms with Gasteiger partial charge in [0.05, 0.1) is 12.3 Å². The molecule has 1 aromatic rings. The first-order chi connectivity index (χ1) is 7.25. The molecule has 0 atom stereocenters. The molecular formula is C12H16ClNO. The SMILES string of the molecule is Nc1cc(Cl)ccc1OCC1CCCC1. The number of nitrogens with two attached hydrogens (primary N) is 1. The summed E-state index contributed by atoms with van der Waals surface area (Å²) < 4.78 is 5.69. The summed E-state index contributed by atoms with van der Waals surface area (Å²) in [5.74, 6) is 1.46. The number of rotatable bonds is 3. The molecule has 0 spiro atoms. The number of hydrogen-bond acceptors (Lipinski definition) is 2. The fourth-order valence-electron chi connectivity index (χ4n) is 2.04. The first-order valence-electron chi connectivity index (χ1n) is 5.43. The van der Waals surface area contributed by atoms with E-state index in [1.165, 1.54) is 25.7 Å². The Labute approximate surface area is 95.4 Å². The number of nitrogen functional groups attached to an aromatic ring is 1. The Morgan fingerprint density at radius 1 is 1.33 bits per heavy atom. The maximum atomic E-state index is 5.81. The highest BCUT2D eigenvalue weighted by Crippen LogP contribution is 2.28. The monoisotopic (exact) mass is 225 g/mol. The maximum Gasteiger partial charge on any atom is 0.142 e. The average Bonchev–Trinajstić information content (AvgIpc) is 2.69. The maximum absolute atomic E-state index is 5.81. The van der Waals surface area contributed by atoms with Gasteiger partial charge in [-0.1, -0.05) is 24.4 Å². The molecule has 0 saturated heterocycles. The van der Waals surface area contributed by atoms with Gasteiger partial charge in [-0.25, -0.2) is 0 Å². The summed E-state index contributed by atoms with van der Waals surface area (Å²) in [6.45, 7) is 0.784. The van der Waals surface area contributed by atoms with Crippen LogP contribution in [0.25, 0.3) is 0 Å². The molecule has 0 aliphatic heterocycles. The van der Waals surface area contributed by atoms with Crippen LogP contribution in [0.3, 0.4) is 0 Å². The van der Waals surface area contributed by atoms with E-state index in [0.29, 0.717) is 16.6 Å². The van der Waals surface area contributed by atoms with Gasteiger partial charge in [0, 0.05) is 5.02 Å². The molecule has 1 aliphatic rings. The Morgan fingerprint density at radius 2 is 2.07 bits per heavy atom. The third kappa shape index (κ3) is 2.78. The highest BCUT2D eigenvalue weighted by atomic mass is 35.5. The van der Waals surface area contributed by atoms with Gasteiger partial charge in [-0.05, 0) is 37.0 Å². The van der Waals surface area contributed by atoms with Gasteiger partial charge in [0.25, 0.3) is 0 Å². The number of halogens is 1. The van der Waals surface area contributed by atoms with Crippen molar-refractivity contribution in [3.63, 3.8) is 0 Å². The van der Waals surface area contributed by atoms with E-state index in [1.54, 1.807) is 6.07 Å². The van der Waals surface area contributed by atoms with Gasteiger partial charge in [0.1, 0.15) is 5.75 Å². The molecule has 0 heterocycles. The summed E-state index contributed by atoms with van der Waals surface area (Å²) in [5.41, 5.74) is 6.42. The van der Waals surface area contributed by atoms with Crippen LogP contribution in [0.15, 0.2) is 18.2 Å². The minimum absolute atomic E-state index is 0.625. The Kier molecular flexibility index (Phi) is 3.37. The van der Waals surface area contributed by atoms with Crippen LogP contribution in [0.5, 0.6) is 5.75 Å². The van der Waals surface area contributed by atoms with Gasteiger partial charge in [0.15, 0.2) is 0 Å². The van der Waals surface area contributed by atoms with E-state index in [-0.39, 0.29) is 0 Å². The smallest absolute Gasteiger partial charge is 0.142 e. The molecule has 15 heavy (non-hydrogen) atoms. The number of ether oxygens (including phenoxy) is 1. The van der Waals surface area contributed by atoms with Crippen molar-refractivity contribution in [3.8, 4) is 5.75 Å². The van der Waals surface area contributed by atoms with Crippen molar-refractivity contribution >= 4 is 17.3 Å². The van der Waals surface area contributed by atoms with Crippen LogP contribution in [0, 0.1) is 5.92 Å². The van der Waals surface area contributed by atoms with Crippen molar-refractivity contribution in [2.24, 2.45) is 5.92 Å². The van der Waals surface area contributed by atoms with Crippen molar-refractivity contribution in [3.05, 3.63) is 23.2 Å². The molecule has 0 radical (unpaired) electrons. The van der Waals surface area contributed by atoms with Crippen molar-refractivity contribution in [1.29, 1.82) is 0 Å². The summed E-state index contributed by atoms with van der Waals surface area (Å²) in [4.78, 5) is 0. The van der Waals surface area contributed by atoms with Crippen LogP contribution in [0.1, 0.15) is 25.7 Å². The minimum atomic E-state index is 0.625. The molecule has 1 aromatic carbocycles. The topological polar surface area (TPSA) is 35.2 Å². The fraction of sp³-hybridized carbons (Fsp3) is 0.500. The number of benzene rings is 1. The predicted molar refractivity (Wildman–Crippen MR) is 63.3 cm³/mol. The molecule has 1 aliphatic carbocycles. The second kappa shape index (κ2) is 4.75. The summed E-state index contributed by atoms with van der Waals surface area (Å²) in [7, 11) is 0. The highest BCUT2D eigenvalue weighted by Gasteiger charge is 2.15. The minimum Gasteiger partial charge on any atom is -0.491 e. The van der Waals surface area contributed by atoms with Crippen LogP contribution < -0.4 is 10.5 Å². The molecule has 2 nitrogen and oxygen atoms in total. The van der Waals surface area contributed by atoms with E-state index in [0.717, 1.165) is 12.4 Å². The lowest BCUT2D eigenvalue weighted by atomic mass is 10.1. The Bertz CT molecular complexity index is 334. The van der Waals surface area contributed by atoms with Gasteiger partial charge in [-0.15, -0.1) is 0 Å². The zero-order chi connectivity index (χ0) is 10.7. The number of hydrogen-bond donors (Lipinski definition) is 1. The molecular weight excluding hydrogens is 210 g/mol. The lowest BCUT2D eigenvalue weighted by Crippen LogP contribution is -2.09. The first-order valence-corrected chi connectivity index (χ1v) is 5.81. The molecule has 1 fully saturated rings. The molecule has 0 unspecified atom stereocenters. The van der Waals surface area contributed by atoms with E-state index in [2.05, 4.69) is 0 Å². The molecule has 2 rings (SSSR count). The third-order valence-corrected chi connectivity index (χ3v) is 3.16. The molecule has 0 bridgehead atoms. The van der Waals surface area contributed by atoms with Gasteiger partial charge >= 0.3 is 0 Å². The van der Waals surface area contributed by atoms with E-state index in [1.807, 2.05) is 12.1 Å². The summed E-state index contributed by atoms with van der Waals surface area (Å²) >= 11 is 5.81. The van der Waals surface area contributed by atoms with Crippen molar-refractivity contribution < 1.29 is 4.74 Å². The Hall–Kier alpha value is -0.890. The molecule has 0 amide bonds. The Balaban J connectivity index is 1.92. The molecule has 3 heteroatoms. The molecule has 0 aromatic heterocycles. The van der Waals surface area contributed by atoms with Gasteiger partial charge < -0.3 is 10.5 Å². The zero-order valence-electron chi connectivity index (χ0n) is 8.71. The summed E-state index contributed by atoms with van der Waals surface area (Å²) in [6.07, 6.45) is 5.25.